The van der Waals surface area contributed by atoms with Gasteiger partial charge in [-0.05, 0) is 23.8 Å². The van der Waals surface area contributed by atoms with Crippen LogP contribution in [0, 0.1) is 0 Å². The third-order valence-corrected chi connectivity index (χ3v) is 4.24. The molecule has 0 saturated carbocycles. The van der Waals surface area contributed by atoms with Crippen LogP contribution in [0.5, 0.6) is 0 Å². The Morgan fingerprint density at radius 2 is 1.72 bits per heavy atom. The molecule has 1 saturated heterocycles. The van der Waals surface area contributed by atoms with E-state index < -0.39 is 0 Å². The maximum atomic E-state index is 12.6. The molecular formula is C18H21N5O2. The fourth-order valence-electron chi connectivity index (χ4n) is 2.77. The molecule has 0 bridgehead atoms. The summed E-state index contributed by atoms with van der Waals surface area (Å²) < 4.78 is 0. The normalized spacial score (nSPS) is 14.3. The molecule has 130 valence electrons. The highest BCUT2D eigenvalue weighted by molar-refractivity contribution is 5.95. The topological polar surface area (TPSA) is 78.4 Å². The summed E-state index contributed by atoms with van der Waals surface area (Å²) in [5.74, 6) is -0.000613. The molecule has 0 radical (unpaired) electrons. The average Bonchev–Trinajstić information content (AvgIpc) is 2.67. The van der Waals surface area contributed by atoms with Crippen LogP contribution >= 0.6 is 0 Å². The van der Waals surface area contributed by atoms with Crippen LogP contribution in [0.25, 0.3) is 0 Å². The van der Waals surface area contributed by atoms with E-state index in [4.69, 9.17) is 0 Å². The molecule has 25 heavy (non-hydrogen) atoms. The van der Waals surface area contributed by atoms with Crippen molar-refractivity contribution in [1.29, 1.82) is 0 Å². The van der Waals surface area contributed by atoms with E-state index in [0.29, 0.717) is 38.3 Å². The maximum Gasteiger partial charge on any atom is 0.255 e. The van der Waals surface area contributed by atoms with E-state index in [2.05, 4.69) is 15.3 Å². The van der Waals surface area contributed by atoms with Crippen molar-refractivity contribution >= 4 is 17.5 Å². The van der Waals surface area contributed by atoms with Crippen molar-refractivity contribution in [3.05, 3.63) is 54.1 Å². The first-order valence-corrected chi connectivity index (χ1v) is 8.26. The number of rotatable bonds is 4. The highest BCUT2D eigenvalue weighted by Gasteiger charge is 2.23. The lowest BCUT2D eigenvalue weighted by molar-refractivity contribution is -0.130. The van der Waals surface area contributed by atoms with Gasteiger partial charge in [-0.1, -0.05) is 0 Å². The Kier molecular flexibility index (Phi) is 5.23. The monoisotopic (exact) mass is 339 g/mol. The van der Waals surface area contributed by atoms with Gasteiger partial charge in [0.05, 0.1) is 11.3 Å². The molecule has 7 nitrogen and oxygen atoms in total. The Morgan fingerprint density at radius 3 is 2.40 bits per heavy atom. The molecule has 0 aromatic carbocycles. The number of carbonyl (C=O) groups excluding carboxylic acids is 2. The summed E-state index contributed by atoms with van der Waals surface area (Å²) in [6.45, 7) is 4.45. The fraction of sp³-hybridized carbons (Fsp3) is 0.333. The summed E-state index contributed by atoms with van der Waals surface area (Å²) in [5, 5.41) is 3.27. The second-order valence-corrected chi connectivity index (χ2v) is 5.97. The van der Waals surface area contributed by atoms with E-state index >= 15 is 0 Å². The molecule has 1 fully saturated rings. The molecule has 0 spiro atoms. The minimum absolute atomic E-state index is 0.0519. The van der Waals surface area contributed by atoms with Crippen molar-refractivity contribution in [2.45, 2.75) is 13.5 Å². The first-order chi connectivity index (χ1) is 12.1. The van der Waals surface area contributed by atoms with Gasteiger partial charge in [-0.25, -0.2) is 0 Å². The zero-order chi connectivity index (χ0) is 17.6. The van der Waals surface area contributed by atoms with Gasteiger partial charge in [-0.3, -0.25) is 19.6 Å². The van der Waals surface area contributed by atoms with Crippen LogP contribution in [0.15, 0.2) is 43.0 Å². The van der Waals surface area contributed by atoms with Crippen LogP contribution in [0.2, 0.25) is 0 Å². The van der Waals surface area contributed by atoms with Crippen LogP contribution in [0.1, 0.15) is 22.8 Å². The second kappa shape index (κ2) is 7.74. The summed E-state index contributed by atoms with van der Waals surface area (Å²) in [4.78, 5) is 35.7. The number of hydrogen-bond acceptors (Lipinski definition) is 5. The molecular weight excluding hydrogens is 318 g/mol. The molecule has 2 aromatic heterocycles. The highest BCUT2D eigenvalue weighted by Crippen LogP contribution is 2.14. The number of piperazine rings is 1. The van der Waals surface area contributed by atoms with Crippen LogP contribution in [-0.4, -0.2) is 57.8 Å². The number of pyridine rings is 2. The van der Waals surface area contributed by atoms with Crippen LogP contribution in [-0.2, 0) is 11.3 Å². The maximum absolute atomic E-state index is 12.6. The third-order valence-electron chi connectivity index (χ3n) is 4.24. The number of hydrogen-bond donors (Lipinski definition) is 1. The van der Waals surface area contributed by atoms with Gasteiger partial charge in [0.2, 0.25) is 5.91 Å². The predicted octanol–water partition coefficient (Wildman–Crippen LogP) is 1.39. The number of aromatic nitrogens is 2. The molecule has 0 atom stereocenters. The molecule has 7 heteroatoms. The van der Waals surface area contributed by atoms with Gasteiger partial charge in [0.25, 0.3) is 5.91 Å². The molecule has 1 N–H and O–H groups in total. The number of nitrogens with zero attached hydrogens (tertiary/aromatic N) is 4. The second-order valence-electron chi connectivity index (χ2n) is 5.97. The quantitative estimate of drug-likeness (QED) is 0.911. The van der Waals surface area contributed by atoms with Crippen LogP contribution in [0.3, 0.4) is 0 Å². The summed E-state index contributed by atoms with van der Waals surface area (Å²) in [6.07, 6.45) is 6.77. The lowest BCUT2D eigenvalue weighted by Crippen LogP contribution is -2.50. The van der Waals surface area contributed by atoms with Crippen molar-refractivity contribution in [1.82, 2.24) is 19.8 Å². The molecule has 1 aliphatic heterocycles. The Labute approximate surface area is 146 Å². The Hall–Kier alpha value is -2.96. The van der Waals surface area contributed by atoms with Crippen molar-refractivity contribution in [2.75, 3.05) is 31.5 Å². The predicted molar refractivity (Wildman–Crippen MR) is 94.0 cm³/mol. The smallest absolute Gasteiger partial charge is 0.255 e. The van der Waals surface area contributed by atoms with Crippen molar-refractivity contribution in [2.24, 2.45) is 0 Å². The largest absolute Gasteiger partial charge is 0.380 e. The van der Waals surface area contributed by atoms with E-state index in [9.17, 15) is 9.59 Å². The van der Waals surface area contributed by atoms with E-state index in [-0.39, 0.29) is 11.8 Å². The zero-order valence-corrected chi connectivity index (χ0v) is 14.2. The minimum Gasteiger partial charge on any atom is -0.380 e. The van der Waals surface area contributed by atoms with Gasteiger partial charge < -0.3 is 15.1 Å². The average molecular weight is 339 g/mol. The lowest BCUT2D eigenvalue weighted by Gasteiger charge is -2.34. The Morgan fingerprint density at radius 1 is 1.04 bits per heavy atom. The molecule has 3 heterocycles. The molecule has 2 amide bonds. The van der Waals surface area contributed by atoms with Crippen LogP contribution < -0.4 is 5.32 Å². The number of anilines is 1. The summed E-state index contributed by atoms with van der Waals surface area (Å²) in [7, 11) is 0. The SMILES string of the molecule is CC(=O)N1CCN(C(=O)c2cncc(NCc3ccncc3)c2)CC1. The minimum atomic E-state index is -0.0525. The summed E-state index contributed by atoms with van der Waals surface area (Å²) in [5.41, 5.74) is 2.45. The fourth-order valence-corrected chi connectivity index (χ4v) is 2.77. The van der Waals surface area contributed by atoms with E-state index in [1.165, 1.54) is 0 Å². The molecule has 1 aliphatic rings. The van der Waals surface area contributed by atoms with Gasteiger partial charge in [0, 0.05) is 64.4 Å². The number of carbonyl (C=O) groups is 2. The summed E-state index contributed by atoms with van der Waals surface area (Å²) in [6, 6.07) is 5.68. The standard InChI is InChI=1S/C18H21N5O2/c1-14(24)22-6-8-23(9-7-22)18(25)16-10-17(13-20-12-16)21-11-15-2-4-19-5-3-15/h2-5,10,12-13,21H,6-9,11H2,1H3. The van der Waals surface area contributed by atoms with Crippen molar-refractivity contribution < 1.29 is 9.59 Å². The van der Waals surface area contributed by atoms with Gasteiger partial charge >= 0.3 is 0 Å². The molecule has 0 unspecified atom stereocenters. The van der Waals surface area contributed by atoms with Crippen LogP contribution in [0.4, 0.5) is 5.69 Å². The Balaban J connectivity index is 1.61. The number of nitrogens with one attached hydrogen (secondary N) is 1. The van der Waals surface area contributed by atoms with Gasteiger partial charge in [-0.2, -0.15) is 0 Å². The van der Waals surface area contributed by atoms with Gasteiger partial charge in [0.1, 0.15) is 0 Å². The van der Waals surface area contributed by atoms with Gasteiger partial charge in [0.15, 0.2) is 0 Å². The zero-order valence-electron chi connectivity index (χ0n) is 14.2. The lowest BCUT2D eigenvalue weighted by atomic mass is 10.2. The highest BCUT2D eigenvalue weighted by atomic mass is 16.2. The van der Waals surface area contributed by atoms with E-state index in [1.54, 1.807) is 41.5 Å². The molecule has 0 aliphatic carbocycles. The Bertz CT molecular complexity index is 742. The summed E-state index contributed by atoms with van der Waals surface area (Å²) >= 11 is 0. The van der Waals surface area contributed by atoms with E-state index in [1.807, 2.05) is 18.2 Å². The van der Waals surface area contributed by atoms with Gasteiger partial charge in [-0.15, -0.1) is 0 Å². The molecule has 3 rings (SSSR count). The molecule has 2 aromatic rings. The number of amides is 2. The third kappa shape index (κ3) is 4.32. The first kappa shape index (κ1) is 16.9. The first-order valence-electron chi connectivity index (χ1n) is 8.26. The van der Waals surface area contributed by atoms with Crippen molar-refractivity contribution in [3.63, 3.8) is 0 Å². The van der Waals surface area contributed by atoms with E-state index in [0.717, 1.165) is 11.3 Å². The van der Waals surface area contributed by atoms with Crippen molar-refractivity contribution in [3.8, 4) is 0 Å².